The first-order valence-corrected chi connectivity index (χ1v) is 5.67. The lowest BCUT2D eigenvalue weighted by molar-refractivity contribution is -0.143. The molecule has 17 heavy (non-hydrogen) atoms. The molecule has 0 aromatic heterocycles. The average Bonchev–Trinajstić information content (AvgIpc) is 2.25. The van der Waals surface area contributed by atoms with Gasteiger partial charge in [0.05, 0.1) is 18.6 Å². The molecular formula is C13H15NO3. The minimum Gasteiger partial charge on any atom is -0.446 e. The van der Waals surface area contributed by atoms with Crippen molar-refractivity contribution in [2.24, 2.45) is 0 Å². The molecule has 4 heteroatoms. The number of amides is 2. The summed E-state index contributed by atoms with van der Waals surface area (Å²) in [6.45, 7) is 3.53. The van der Waals surface area contributed by atoms with Crippen molar-refractivity contribution in [3.05, 3.63) is 35.9 Å². The van der Waals surface area contributed by atoms with Gasteiger partial charge in [-0.3, -0.25) is 4.79 Å². The van der Waals surface area contributed by atoms with E-state index in [4.69, 9.17) is 4.74 Å². The second-order valence-corrected chi connectivity index (χ2v) is 4.33. The molecule has 4 nitrogen and oxygen atoms in total. The van der Waals surface area contributed by atoms with Crippen LogP contribution in [-0.4, -0.2) is 23.0 Å². The van der Waals surface area contributed by atoms with Crippen LogP contribution in [0.2, 0.25) is 0 Å². The number of carbonyl (C=O) groups excluding carboxylic acids is 2. The summed E-state index contributed by atoms with van der Waals surface area (Å²) in [4.78, 5) is 24.4. The third kappa shape index (κ3) is 2.30. The minimum absolute atomic E-state index is 0.171. The molecule has 0 bridgehead atoms. The minimum atomic E-state index is -0.551. The molecular weight excluding hydrogens is 218 g/mol. The number of ether oxygens (including phenoxy) is 1. The van der Waals surface area contributed by atoms with Gasteiger partial charge < -0.3 is 4.74 Å². The van der Waals surface area contributed by atoms with Crippen molar-refractivity contribution in [1.29, 1.82) is 0 Å². The molecule has 1 unspecified atom stereocenters. The maximum Gasteiger partial charge on any atom is 0.417 e. The molecule has 1 aliphatic heterocycles. The Morgan fingerprint density at radius 1 is 1.35 bits per heavy atom. The smallest absolute Gasteiger partial charge is 0.417 e. The fourth-order valence-electron chi connectivity index (χ4n) is 1.85. The normalized spacial score (nSPS) is 19.1. The summed E-state index contributed by atoms with van der Waals surface area (Å²) in [7, 11) is 0. The van der Waals surface area contributed by atoms with E-state index in [2.05, 4.69) is 0 Å². The molecule has 1 saturated heterocycles. The Hall–Kier alpha value is -1.84. The van der Waals surface area contributed by atoms with Crippen molar-refractivity contribution in [3.8, 4) is 0 Å². The van der Waals surface area contributed by atoms with E-state index < -0.39 is 6.09 Å². The van der Waals surface area contributed by atoms with Gasteiger partial charge in [0.2, 0.25) is 5.91 Å². The summed E-state index contributed by atoms with van der Waals surface area (Å²) < 4.78 is 5.04. The number of rotatable bonds is 2. The number of β-lactam (4-membered cyclic amide) rings is 1. The first-order chi connectivity index (χ1) is 8.09. The van der Waals surface area contributed by atoms with Gasteiger partial charge in [0.1, 0.15) is 0 Å². The van der Waals surface area contributed by atoms with E-state index in [9.17, 15) is 9.59 Å². The van der Waals surface area contributed by atoms with Crippen LogP contribution in [0.15, 0.2) is 30.3 Å². The maximum atomic E-state index is 11.7. The van der Waals surface area contributed by atoms with E-state index in [-0.39, 0.29) is 18.1 Å². The Morgan fingerprint density at radius 2 is 2.00 bits per heavy atom. The van der Waals surface area contributed by atoms with Gasteiger partial charge in [0, 0.05) is 0 Å². The van der Waals surface area contributed by atoms with Crippen LogP contribution in [0.3, 0.4) is 0 Å². The van der Waals surface area contributed by atoms with Crippen molar-refractivity contribution >= 4 is 12.0 Å². The molecule has 0 saturated carbocycles. The SMILES string of the molecule is CC(C)OC(=O)N1C(=O)CC1c1ccccc1. The predicted molar refractivity (Wildman–Crippen MR) is 62.3 cm³/mol. The number of carbonyl (C=O) groups is 2. The fourth-order valence-corrected chi connectivity index (χ4v) is 1.85. The summed E-state index contributed by atoms with van der Waals surface area (Å²) in [5, 5.41) is 0. The van der Waals surface area contributed by atoms with E-state index in [0.29, 0.717) is 6.42 Å². The van der Waals surface area contributed by atoms with E-state index in [1.165, 1.54) is 4.90 Å². The number of nitrogens with zero attached hydrogens (tertiary/aromatic N) is 1. The number of likely N-dealkylation sites (tertiary alicyclic amines) is 1. The zero-order chi connectivity index (χ0) is 12.4. The van der Waals surface area contributed by atoms with E-state index in [1.54, 1.807) is 13.8 Å². The first kappa shape index (κ1) is 11.6. The third-order valence-electron chi connectivity index (χ3n) is 2.67. The molecule has 1 atom stereocenters. The quantitative estimate of drug-likeness (QED) is 0.737. The molecule has 0 aliphatic carbocycles. The molecule has 0 spiro atoms. The topological polar surface area (TPSA) is 46.6 Å². The Bertz CT molecular complexity index is 428. The molecule has 1 fully saturated rings. The fraction of sp³-hybridized carbons (Fsp3) is 0.385. The average molecular weight is 233 g/mol. The lowest BCUT2D eigenvalue weighted by Gasteiger charge is -2.38. The second kappa shape index (κ2) is 4.57. The Morgan fingerprint density at radius 3 is 2.53 bits per heavy atom. The Balaban J connectivity index is 2.11. The highest BCUT2D eigenvalue weighted by Gasteiger charge is 2.42. The summed E-state index contributed by atoms with van der Waals surface area (Å²) >= 11 is 0. The Labute approximate surface area is 100 Å². The zero-order valence-electron chi connectivity index (χ0n) is 9.92. The number of hydrogen-bond donors (Lipinski definition) is 0. The van der Waals surface area contributed by atoms with Gasteiger partial charge in [0.25, 0.3) is 0 Å². The maximum absolute atomic E-state index is 11.7. The van der Waals surface area contributed by atoms with Gasteiger partial charge in [0.15, 0.2) is 0 Å². The first-order valence-electron chi connectivity index (χ1n) is 5.67. The van der Waals surface area contributed by atoms with Gasteiger partial charge in [-0.15, -0.1) is 0 Å². The molecule has 1 aliphatic rings. The van der Waals surface area contributed by atoms with E-state index in [0.717, 1.165) is 5.56 Å². The van der Waals surface area contributed by atoms with Gasteiger partial charge in [-0.25, -0.2) is 9.69 Å². The summed E-state index contributed by atoms with van der Waals surface area (Å²) in [5.41, 5.74) is 0.966. The van der Waals surface area contributed by atoms with E-state index in [1.807, 2.05) is 30.3 Å². The van der Waals surface area contributed by atoms with Gasteiger partial charge >= 0.3 is 6.09 Å². The highest BCUT2D eigenvalue weighted by molar-refractivity contribution is 5.97. The number of imide groups is 1. The summed E-state index contributed by atoms with van der Waals surface area (Å²) in [6, 6.07) is 9.34. The lowest BCUT2D eigenvalue weighted by Crippen LogP contribution is -2.50. The predicted octanol–water partition coefficient (Wildman–Crippen LogP) is 2.51. The standard InChI is InChI=1S/C13H15NO3/c1-9(2)17-13(16)14-11(8-12(14)15)10-6-4-3-5-7-10/h3-7,9,11H,8H2,1-2H3. The molecule has 2 amide bonds. The van der Waals surface area contributed by atoms with Crippen LogP contribution < -0.4 is 0 Å². The molecule has 1 heterocycles. The van der Waals surface area contributed by atoms with Crippen LogP contribution in [0.5, 0.6) is 0 Å². The molecule has 1 aromatic rings. The van der Waals surface area contributed by atoms with Crippen molar-refractivity contribution in [2.75, 3.05) is 0 Å². The molecule has 90 valence electrons. The zero-order valence-corrected chi connectivity index (χ0v) is 9.92. The summed E-state index contributed by atoms with van der Waals surface area (Å²) in [5.74, 6) is -0.176. The van der Waals surface area contributed by atoms with E-state index >= 15 is 0 Å². The van der Waals surface area contributed by atoms with Crippen LogP contribution in [0, 0.1) is 0 Å². The van der Waals surface area contributed by atoms with Crippen LogP contribution in [-0.2, 0) is 9.53 Å². The molecule has 0 N–H and O–H groups in total. The van der Waals surface area contributed by atoms with Crippen molar-refractivity contribution in [3.63, 3.8) is 0 Å². The van der Waals surface area contributed by atoms with Crippen LogP contribution >= 0.6 is 0 Å². The molecule has 1 aromatic carbocycles. The highest BCUT2D eigenvalue weighted by atomic mass is 16.6. The van der Waals surface area contributed by atoms with Gasteiger partial charge in [-0.1, -0.05) is 30.3 Å². The van der Waals surface area contributed by atoms with Crippen LogP contribution in [0.4, 0.5) is 4.79 Å². The highest BCUT2D eigenvalue weighted by Crippen LogP contribution is 2.34. The van der Waals surface area contributed by atoms with Crippen LogP contribution in [0.1, 0.15) is 31.9 Å². The molecule has 0 radical (unpaired) electrons. The van der Waals surface area contributed by atoms with Gasteiger partial charge in [-0.2, -0.15) is 0 Å². The van der Waals surface area contributed by atoms with Crippen LogP contribution in [0.25, 0.3) is 0 Å². The van der Waals surface area contributed by atoms with Crippen molar-refractivity contribution in [1.82, 2.24) is 4.90 Å². The monoisotopic (exact) mass is 233 g/mol. The number of hydrogen-bond acceptors (Lipinski definition) is 3. The van der Waals surface area contributed by atoms with Gasteiger partial charge in [-0.05, 0) is 19.4 Å². The van der Waals surface area contributed by atoms with Crippen molar-refractivity contribution in [2.45, 2.75) is 32.4 Å². The Kier molecular flexibility index (Phi) is 3.13. The lowest BCUT2D eigenvalue weighted by atomic mass is 9.95. The largest absolute Gasteiger partial charge is 0.446 e. The van der Waals surface area contributed by atoms with Crippen molar-refractivity contribution < 1.29 is 14.3 Å². The molecule has 2 rings (SSSR count). The number of benzene rings is 1. The third-order valence-corrected chi connectivity index (χ3v) is 2.67. The second-order valence-electron chi connectivity index (χ2n) is 4.33. The summed E-state index contributed by atoms with van der Waals surface area (Å²) in [6.07, 6.45) is -0.394.